The number of carbonyl (C=O) groups is 2. The maximum Gasteiger partial charge on any atom is 0.255 e. The van der Waals surface area contributed by atoms with E-state index >= 15 is 0 Å². The zero-order valence-electron chi connectivity index (χ0n) is 11.9. The molecular formula is C15H22N2O3. The summed E-state index contributed by atoms with van der Waals surface area (Å²) < 4.78 is 5.29. The Balaban J connectivity index is 2.15. The summed E-state index contributed by atoms with van der Waals surface area (Å²) >= 11 is 0. The Hall–Kier alpha value is -1.78. The predicted molar refractivity (Wildman–Crippen MR) is 75.2 cm³/mol. The van der Waals surface area contributed by atoms with Gasteiger partial charge in [-0.25, -0.2) is 0 Å². The molecule has 1 aliphatic carbocycles. The highest BCUT2D eigenvalue weighted by atomic mass is 16.3. The second kappa shape index (κ2) is 6.11. The number of primary amides is 1. The highest BCUT2D eigenvalue weighted by Crippen LogP contribution is 2.31. The zero-order valence-corrected chi connectivity index (χ0v) is 11.9. The van der Waals surface area contributed by atoms with Gasteiger partial charge in [-0.3, -0.25) is 9.59 Å². The van der Waals surface area contributed by atoms with Crippen LogP contribution in [0.1, 0.15) is 61.6 Å². The first-order valence-corrected chi connectivity index (χ1v) is 7.23. The van der Waals surface area contributed by atoms with E-state index in [1.165, 1.54) is 6.26 Å². The molecular weight excluding hydrogens is 256 g/mol. The summed E-state index contributed by atoms with van der Waals surface area (Å²) in [4.78, 5) is 23.7. The number of nitrogens with one attached hydrogen (secondary N) is 1. The third-order valence-corrected chi connectivity index (χ3v) is 4.01. The topological polar surface area (TPSA) is 85.3 Å². The van der Waals surface area contributed by atoms with Gasteiger partial charge in [0.2, 0.25) is 5.91 Å². The molecule has 1 fully saturated rings. The highest BCUT2D eigenvalue weighted by molar-refractivity contribution is 5.96. The van der Waals surface area contributed by atoms with Crippen LogP contribution in [0.25, 0.3) is 0 Å². The quantitative estimate of drug-likeness (QED) is 0.865. The van der Waals surface area contributed by atoms with Crippen molar-refractivity contribution in [2.24, 2.45) is 5.73 Å². The molecule has 1 aromatic heterocycles. The van der Waals surface area contributed by atoms with Crippen LogP contribution in [0.15, 0.2) is 16.7 Å². The second-order valence-electron chi connectivity index (χ2n) is 5.55. The van der Waals surface area contributed by atoms with E-state index in [9.17, 15) is 9.59 Å². The number of nitrogens with two attached hydrogens (primary N) is 1. The van der Waals surface area contributed by atoms with Crippen molar-refractivity contribution in [2.45, 2.75) is 57.4 Å². The monoisotopic (exact) mass is 278 g/mol. The van der Waals surface area contributed by atoms with Crippen LogP contribution in [-0.2, 0) is 11.2 Å². The lowest BCUT2D eigenvalue weighted by atomic mass is 9.79. The van der Waals surface area contributed by atoms with Gasteiger partial charge in [0, 0.05) is 18.4 Å². The van der Waals surface area contributed by atoms with E-state index in [0.29, 0.717) is 17.7 Å². The molecule has 0 aromatic carbocycles. The first-order chi connectivity index (χ1) is 9.56. The Morgan fingerprint density at radius 1 is 1.35 bits per heavy atom. The van der Waals surface area contributed by atoms with E-state index in [0.717, 1.165) is 32.1 Å². The summed E-state index contributed by atoms with van der Waals surface area (Å²) in [7, 11) is 0. The molecule has 0 unspecified atom stereocenters. The molecule has 1 aliphatic rings. The summed E-state index contributed by atoms with van der Waals surface area (Å²) in [5.41, 5.74) is 5.42. The summed E-state index contributed by atoms with van der Waals surface area (Å²) in [5.74, 6) is 0.140. The van der Waals surface area contributed by atoms with Crippen molar-refractivity contribution < 1.29 is 14.0 Å². The number of hydrogen-bond acceptors (Lipinski definition) is 3. The Bertz CT molecular complexity index is 487. The van der Waals surface area contributed by atoms with Crippen molar-refractivity contribution in [3.8, 4) is 0 Å². The van der Waals surface area contributed by atoms with E-state index < -0.39 is 5.54 Å². The molecule has 0 saturated heterocycles. The molecule has 5 nitrogen and oxygen atoms in total. The largest absolute Gasteiger partial charge is 0.469 e. The normalized spacial score (nSPS) is 17.6. The number of aryl methyl sites for hydroxylation is 1. The second-order valence-corrected chi connectivity index (χ2v) is 5.55. The fraction of sp³-hybridized carbons (Fsp3) is 0.600. The molecule has 0 spiro atoms. The van der Waals surface area contributed by atoms with Crippen LogP contribution in [0.5, 0.6) is 0 Å². The van der Waals surface area contributed by atoms with Crippen molar-refractivity contribution in [3.63, 3.8) is 0 Å². The molecule has 3 N–H and O–H groups in total. The Morgan fingerprint density at radius 3 is 2.65 bits per heavy atom. The molecule has 110 valence electrons. The Kier molecular flexibility index (Phi) is 4.47. The fourth-order valence-electron chi connectivity index (χ4n) is 3.03. The minimum atomic E-state index is -0.483. The standard InChI is InChI=1S/C15H22N2O3/c1-2-12-11(6-9-20-12)14(19)17-15(10-13(16)18)7-4-3-5-8-15/h6,9H,2-5,7-8,10H2,1H3,(H2,16,18)(H,17,19). The van der Waals surface area contributed by atoms with Gasteiger partial charge in [-0.2, -0.15) is 0 Å². The van der Waals surface area contributed by atoms with Gasteiger partial charge in [0.1, 0.15) is 5.76 Å². The van der Waals surface area contributed by atoms with Gasteiger partial charge in [0.15, 0.2) is 0 Å². The molecule has 2 amide bonds. The first kappa shape index (κ1) is 14.6. The number of furan rings is 1. The lowest BCUT2D eigenvalue weighted by molar-refractivity contribution is -0.119. The Morgan fingerprint density at radius 2 is 2.05 bits per heavy atom. The van der Waals surface area contributed by atoms with E-state index in [4.69, 9.17) is 10.2 Å². The van der Waals surface area contributed by atoms with Crippen molar-refractivity contribution in [1.29, 1.82) is 0 Å². The van der Waals surface area contributed by atoms with Crippen LogP contribution in [-0.4, -0.2) is 17.4 Å². The summed E-state index contributed by atoms with van der Waals surface area (Å²) in [6.07, 6.45) is 7.18. The minimum absolute atomic E-state index is 0.168. The molecule has 5 heteroatoms. The highest BCUT2D eigenvalue weighted by Gasteiger charge is 2.35. The van der Waals surface area contributed by atoms with Crippen LogP contribution >= 0.6 is 0 Å². The zero-order chi connectivity index (χ0) is 14.6. The van der Waals surface area contributed by atoms with E-state index in [1.54, 1.807) is 6.07 Å². The molecule has 1 aromatic rings. The third kappa shape index (κ3) is 3.21. The fourth-order valence-corrected chi connectivity index (χ4v) is 3.03. The van der Waals surface area contributed by atoms with Crippen LogP contribution in [0.4, 0.5) is 0 Å². The summed E-state index contributed by atoms with van der Waals surface area (Å²) in [6.45, 7) is 1.94. The van der Waals surface area contributed by atoms with Gasteiger partial charge < -0.3 is 15.5 Å². The predicted octanol–water partition coefficient (Wildman–Crippen LogP) is 2.15. The maximum absolute atomic E-state index is 12.4. The number of amides is 2. The van der Waals surface area contributed by atoms with Crippen LogP contribution in [0.2, 0.25) is 0 Å². The molecule has 1 heterocycles. The first-order valence-electron chi connectivity index (χ1n) is 7.23. The molecule has 1 saturated carbocycles. The van der Waals surface area contributed by atoms with Crippen molar-refractivity contribution in [2.75, 3.05) is 0 Å². The lowest BCUT2D eigenvalue weighted by Gasteiger charge is -2.37. The number of rotatable bonds is 5. The van der Waals surface area contributed by atoms with Gasteiger partial charge >= 0.3 is 0 Å². The van der Waals surface area contributed by atoms with Crippen molar-refractivity contribution in [1.82, 2.24) is 5.32 Å². The van der Waals surface area contributed by atoms with E-state index in [1.807, 2.05) is 6.92 Å². The summed E-state index contributed by atoms with van der Waals surface area (Å²) in [5, 5.41) is 3.04. The van der Waals surface area contributed by atoms with Gasteiger partial charge in [-0.1, -0.05) is 26.2 Å². The smallest absolute Gasteiger partial charge is 0.255 e. The van der Waals surface area contributed by atoms with E-state index in [-0.39, 0.29) is 18.2 Å². The molecule has 0 bridgehead atoms. The summed E-state index contributed by atoms with van der Waals surface area (Å²) in [6, 6.07) is 1.68. The van der Waals surface area contributed by atoms with Gasteiger partial charge in [-0.05, 0) is 18.9 Å². The Labute approximate surface area is 118 Å². The average molecular weight is 278 g/mol. The number of hydrogen-bond donors (Lipinski definition) is 2. The molecule has 0 atom stereocenters. The molecule has 0 aliphatic heterocycles. The third-order valence-electron chi connectivity index (χ3n) is 4.01. The van der Waals surface area contributed by atoms with E-state index in [2.05, 4.69) is 5.32 Å². The molecule has 20 heavy (non-hydrogen) atoms. The van der Waals surface area contributed by atoms with Crippen LogP contribution < -0.4 is 11.1 Å². The average Bonchev–Trinajstić information content (AvgIpc) is 2.87. The van der Waals surface area contributed by atoms with Gasteiger partial charge in [0.05, 0.1) is 11.8 Å². The number of carbonyl (C=O) groups excluding carboxylic acids is 2. The molecule has 2 rings (SSSR count). The van der Waals surface area contributed by atoms with Crippen molar-refractivity contribution in [3.05, 3.63) is 23.7 Å². The van der Waals surface area contributed by atoms with Crippen LogP contribution in [0, 0.1) is 0 Å². The van der Waals surface area contributed by atoms with Gasteiger partial charge in [-0.15, -0.1) is 0 Å². The van der Waals surface area contributed by atoms with Crippen LogP contribution in [0.3, 0.4) is 0 Å². The minimum Gasteiger partial charge on any atom is -0.469 e. The lowest BCUT2D eigenvalue weighted by Crippen LogP contribution is -2.52. The van der Waals surface area contributed by atoms with Crippen molar-refractivity contribution >= 4 is 11.8 Å². The molecule has 0 radical (unpaired) electrons. The maximum atomic E-state index is 12.4. The SMILES string of the molecule is CCc1occc1C(=O)NC1(CC(N)=O)CCCCC1. The van der Waals surface area contributed by atoms with Gasteiger partial charge in [0.25, 0.3) is 5.91 Å².